The summed E-state index contributed by atoms with van der Waals surface area (Å²) in [5.74, 6) is 0.327. The Kier molecular flexibility index (Phi) is 4.32. The number of aliphatic imine (C=N–C) groups is 2. The third-order valence-corrected chi connectivity index (χ3v) is 3.88. The number of hydrogen-bond acceptors (Lipinski definition) is 8. The lowest BCUT2D eigenvalue weighted by Gasteiger charge is -2.11. The highest BCUT2D eigenvalue weighted by Gasteiger charge is 2.12. The van der Waals surface area contributed by atoms with Gasteiger partial charge < -0.3 is 10.2 Å². The number of allylic oxidation sites excluding steroid dienone is 3. The van der Waals surface area contributed by atoms with Crippen molar-refractivity contribution < 1.29 is 4.42 Å². The van der Waals surface area contributed by atoms with Crippen molar-refractivity contribution in [2.75, 3.05) is 5.32 Å². The number of aromatic nitrogens is 4. The van der Waals surface area contributed by atoms with Crippen LogP contribution in [0, 0.1) is 0 Å². The minimum atomic E-state index is 0.197. The number of hydrogen-bond donors (Lipinski definition) is 3. The summed E-state index contributed by atoms with van der Waals surface area (Å²) in [5, 5.41) is 18.2. The van der Waals surface area contributed by atoms with Gasteiger partial charge in [-0.3, -0.25) is 20.4 Å². The first-order valence-electron chi connectivity index (χ1n) is 8.10. The van der Waals surface area contributed by atoms with E-state index in [2.05, 4.69) is 48.3 Å². The topological polar surface area (TPSA) is 130 Å². The van der Waals surface area contributed by atoms with E-state index < -0.39 is 0 Å². The van der Waals surface area contributed by atoms with Gasteiger partial charge in [-0.1, -0.05) is 17.7 Å². The van der Waals surface area contributed by atoms with Crippen molar-refractivity contribution in [1.82, 2.24) is 20.4 Å². The predicted octanol–water partition coefficient (Wildman–Crippen LogP) is 2.32. The van der Waals surface area contributed by atoms with E-state index in [0.717, 1.165) is 16.5 Å². The largest absolute Gasteiger partial charge is 0.411 e. The SMILES string of the molecule is C=C(Cc1ccc2[nH]ncc2c1)/N=C1/C=NC=C/C1=C(/N)Nc1nnco1. The average Bonchev–Trinajstić information content (AvgIpc) is 3.33. The molecule has 9 heteroatoms. The molecule has 0 saturated carbocycles. The van der Waals surface area contributed by atoms with Crippen LogP contribution < -0.4 is 11.1 Å². The third-order valence-electron chi connectivity index (χ3n) is 3.88. The van der Waals surface area contributed by atoms with Crippen LogP contribution in [0.3, 0.4) is 0 Å². The molecular weight excluding hydrogens is 344 g/mol. The van der Waals surface area contributed by atoms with Gasteiger partial charge in [0.2, 0.25) is 6.39 Å². The summed E-state index contributed by atoms with van der Waals surface area (Å²) in [6, 6.07) is 6.26. The molecule has 4 rings (SSSR count). The van der Waals surface area contributed by atoms with Gasteiger partial charge in [-0.05, 0) is 23.8 Å². The molecule has 27 heavy (non-hydrogen) atoms. The zero-order valence-corrected chi connectivity index (χ0v) is 14.3. The molecule has 0 bridgehead atoms. The summed E-state index contributed by atoms with van der Waals surface area (Å²) >= 11 is 0. The van der Waals surface area contributed by atoms with E-state index >= 15 is 0 Å². The van der Waals surface area contributed by atoms with Crippen LogP contribution in [0.2, 0.25) is 0 Å². The number of nitrogens with zero attached hydrogens (tertiary/aromatic N) is 5. The summed E-state index contributed by atoms with van der Waals surface area (Å²) in [4.78, 5) is 8.71. The van der Waals surface area contributed by atoms with Gasteiger partial charge in [-0.2, -0.15) is 5.10 Å². The number of fused-ring (bicyclic) bond motifs is 1. The Morgan fingerprint density at radius 2 is 2.30 bits per heavy atom. The molecule has 134 valence electrons. The van der Waals surface area contributed by atoms with E-state index in [4.69, 9.17) is 10.2 Å². The number of nitrogens with two attached hydrogens (primary N) is 1. The fourth-order valence-corrected chi connectivity index (χ4v) is 2.66. The van der Waals surface area contributed by atoms with Crippen LogP contribution in [0.1, 0.15) is 5.56 Å². The molecule has 0 radical (unpaired) electrons. The van der Waals surface area contributed by atoms with Gasteiger partial charge in [0.05, 0.1) is 23.6 Å². The van der Waals surface area contributed by atoms with E-state index in [-0.39, 0.29) is 6.01 Å². The molecule has 2 aromatic heterocycles. The van der Waals surface area contributed by atoms with Crippen molar-refractivity contribution in [3.8, 4) is 0 Å². The van der Waals surface area contributed by atoms with Gasteiger partial charge in [0.25, 0.3) is 0 Å². The van der Waals surface area contributed by atoms with Crippen molar-refractivity contribution >= 4 is 28.8 Å². The molecule has 1 aliphatic heterocycles. The number of benzene rings is 1. The van der Waals surface area contributed by atoms with E-state index in [9.17, 15) is 0 Å². The molecule has 1 aromatic carbocycles. The Bertz CT molecular complexity index is 1100. The zero-order valence-electron chi connectivity index (χ0n) is 14.3. The number of nitrogens with one attached hydrogen (secondary N) is 2. The first-order valence-corrected chi connectivity index (χ1v) is 8.10. The van der Waals surface area contributed by atoms with Gasteiger partial charge in [0.15, 0.2) is 0 Å². The van der Waals surface area contributed by atoms with Crippen LogP contribution in [0.15, 0.2) is 81.1 Å². The van der Waals surface area contributed by atoms with Crippen LogP contribution in [-0.2, 0) is 6.42 Å². The quantitative estimate of drug-likeness (QED) is 0.640. The molecule has 0 spiro atoms. The highest BCUT2D eigenvalue weighted by molar-refractivity contribution is 6.40. The highest BCUT2D eigenvalue weighted by Crippen LogP contribution is 2.17. The first-order chi connectivity index (χ1) is 13.2. The third kappa shape index (κ3) is 3.66. The summed E-state index contributed by atoms with van der Waals surface area (Å²) in [6.45, 7) is 4.06. The maximum atomic E-state index is 6.12. The van der Waals surface area contributed by atoms with Crippen molar-refractivity contribution in [1.29, 1.82) is 0 Å². The van der Waals surface area contributed by atoms with Gasteiger partial charge in [0, 0.05) is 29.3 Å². The van der Waals surface area contributed by atoms with Crippen LogP contribution in [-0.4, -0.2) is 32.3 Å². The van der Waals surface area contributed by atoms with E-state index in [1.807, 2.05) is 12.1 Å². The zero-order chi connectivity index (χ0) is 18.6. The van der Waals surface area contributed by atoms with Crippen LogP contribution >= 0.6 is 0 Å². The Morgan fingerprint density at radius 1 is 1.37 bits per heavy atom. The lowest BCUT2D eigenvalue weighted by atomic mass is 10.1. The summed E-state index contributed by atoms with van der Waals surface area (Å²) in [5.41, 5.74) is 10.1. The van der Waals surface area contributed by atoms with Gasteiger partial charge in [-0.25, -0.2) is 0 Å². The molecule has 0 amide bonds. The van der Waals surface area contributed by atoms with E-state index in [0.29, 0.717) is 29.2 Å². The lowest BCUT2D eigenvalue weighted by Crippen LogP contribution is -2.19. The highest BCUT2D eigenvalue weighted by atomic mass is 16.4. The maximum Gasteiger partial charge on any atom is 0.320 e. The average molecular weight is 360 g/mol. The first kappa shape index (κ1) is 16.5. The van der Waals surface area contributed by atoms with Crippen molar-refractivity contribution in [3.63, 3.8) is 0 Å². The second-order valence-corrected chi connectivity index (χ2v) is 5.82. The van der Waals surface area contributed by atoms with Gasteiger partial charge >= 0.3 is 6.01 Å². The monoisotopic (exact) mass is 360 g/mol. The molecule has 4 N–H and O–H groups in total. The standard InChI is InChI=1S/C18H16N8O/c1-11(6-12-2-3-15-13(7-12)8-21-25-15)23-16-9-20-5-4-14(16)17(19)24-18-26-22-10-27-18/h2-5,7-10H,1,6,19H2,(H,21,25)(H,24,26)/b17-14+,23-16-. The minimum Gasteiger partial charge on any atom is -0.411 e. The molecule has 3 aromatic rings. The van der Waals surface area contributed by atoms with Crippen LogP contribution in [0.25, 0.3) is 10.9 Å². The summed E-state index contributed by atoms with van der Waals surface area (Å²) in [7, 11) is 0. The molecule has 0 unspecified atom stereocenters. The molecule has 0 saturated heterocycles. The number of H-pyrrole nitrogens is 1. The fourth-order valence-electron chi connectivity index (χ4n) is 2.66. The molecule has 3 heterocycles. The predicted molar refractivity (Wildman–Crippen MR) is 103 cm³/mol. The Morgan fingerprint density at radius 3 is 3.15 bits per heavy atom. The summed E-state index contributed by atoms with van der Waals surface area (Å²) in [6.07, 6.45) is 8.60. The maximum absolute atomic E-state index is 6.12. The Balaban J connectivity index is 1.55. The Labute approximate surface area is 154 Å². The molecule has 0 atom stereocenters. The molecular formula is C18H16N8O. The number of anilines is 1. The molecule has 1 aliphatic rings. The second kappa shape index (κ2) is 7.08. The number of rotatable bonds is 5. The normalized spacial score (nSPS) is 16.8. The van der Waals surface area contributed by atoms with Crippen LogP contribution in [0.5, 0.6) is 0 Å². The van der Waals surface area contributed by atoms with Crippen molar-refractivity contribution in [2.45, 2.75) is 6.42 Å². The Hall–Kier alpha value is -4.01. The van der Waals surface area contributed by atoms with E-state index in [1.54, 1.807) is 24.7 Å². The molecule has 9 nitrogen and oxygen atoms in total. The summed E-state index contributed by atoms with van der Waals surface area (Å²) < 4.78 is 5.05. The van der Waals surface area contributed by atoms with Crippen molar-refractivity contribution in [3.05, 3.63) is 72.3 Å². The van der Waals surface area contributed by atoms with E-state index in [1.165, 1.54) is 6.39 Å². The minimum absolute atomic E-state index is 0.197. The smallest absolute Gasteiger partial charge is 0.320 e. The second-order valence-electron chi connectivity index (χ2n) is 5.82. The van der Waals surface area contributed by atoms with Gasteiger partial charge in [-0.15, -0.1) is 5.10 Å². The molecule has 0 aliphatic carbocycles. The fraction of sp³-hybridized carbons (Fsp3) is 0.0556. The number of aromatic amines is 1. The van der Waals surface area contributed by atoms with Crippen molar-refractivity contribution in [2.24, 2.45) is 15.7 Å². The van der Waals surface area contributed by atoms with Crippen LogP contribution in [0.4, 0.5) is 6.01 Å². The molecule has 0 fully saturated rings. The van der Waals surface area contributed by atoms with Gasteiger partial charge in [0.1, 0.15) is 5.82 Å². The lowest BCUT2D eigenvalue weighted by molar-refractivity contribution is 0.569.